The average Bonchev–Trinajstić information content (AvgIpc) is 3.16. The molecule has 1 atom stereocenters. The Morgan fingerprint density at radius 1 is 1.22 bits per heavy atom. The van der Waals surface area contributed by atoms with Crippen molar-refractivity contribution in [3.8, 4) is 6.07 Å². The number of nitrogens with two attached hydrogens (primary N) is 1. The zero-order valence-corrected chi connectivity index (χ0v) is 22.0. The van der Waals surface area contributed by atoms with Crippen LogP contribution in [0.1, 0.15) is 43.9 Å². The Labute approximate surface area is 220 Å². The first-order valence-electron chi connectivity index (χ1n) is 12.1. The van der Waals surface area contributed by atoms with Crippen LogP contribution in [0.2, 0.25) is 5.02 Å². The highest BCUT2D eigenvalue weighted by Gasteiger charge is 2.46. The minimum absolute atomic E-state index is 0.0872. The molecule has 0 amide bonds. The molecule has 0 saturated carbocycles. The Bertz CT molecular complexity index is 1280. The Hall–Kier alpha value is -2.93. The third kappa shape index (κ3) is 4.85. The standard InChI is InChI=1S/C26H29ClN8S/c1-25(2,15-28)16-32-23-21(27)19(7-10-30-23)36-20-14-31-24(34-33-20)35-11-8-26(9-12-35)13-17-5-3-4-6-18(17)22(26)29/h3-7,10,14,22H,8-9,11-13,16,29H2,1-2H3,(H,30,32)/t22-/m1/s1. The second-order valence-electron chi connectivity index (χ2n) is 10.2. The number of anilines is 2. The quantitative estimate of drug-likeness (QED) is 0.469. The van der Waals surface area contributed by atoms with Gasteiger partial charge < -0.3 is 16.0 Å². The SMILES string of the molecule is CC(C)(C#N)CNc1nccc(Sc2cnc(N3CCC4(CC3)Cc3ccccc3[C@H]4N)nn2)c1Cl. The molecule has 1 aliphatic carbocycles. The van der Waals surface area contributed by atoms with Crippen LogP contribution < -0.4 is 16.0 Å². The number of aromatic nitrogens is 4. The van der Waals surface area contributed by atoms with E-state index in [2.05, 4.69) is 60.7 Å². The van der Waals surface area contributed by atoms with Crippen molar-refractivity contribution < 1.29 is 0 Å². The molecule has 1 spiro atoms. The summed E-state index contributed by atoms with van der Waals surface area (Å²) in [6.07, 6.45) is 6.48. The van der Waals surface area contributed by atoms with Gasteiger partial charge in [0.2, 0.25) is 5.95 Å². The maximum atomic E-state index is 9.23. The molecule has 0 unspecified atom stereocenters. The summed E-state index contributed by atoms with van der Waals surface area (Å²) in [7, 11) is 0. The lowest BCUT2D eigenvalue weighted by Crippen LogP contribution is -2.45. The minimum Gasteiger partial charge on any atom is -0.367 e. The lowest BCUT2D eigenvalue weighted by atomic mass is 9.73. The van der Waals surface area contributed by atoms with Crippen LogP contribution in [0.4, 0.5) is 11.8 Å². The number of piperidine rings is 1. The van der Waals surface area contributed by atoms with E-state index >= 15 is 0 Å². The predicted molar refractivity (Wildman–Crippen MR) is 142 cm³/mol. The van der Waals surface area contributed by atoms with E-state index in [0.717, 1.165) is 37.2 Å². The number of benzene rings is 1. The molecule has 1 saturated heterocycles. The molecule has 3 heterocycles. The molecular formula is C26H29ClN8S. The van der Waals surface area contributed by atoms with Crippen LogP contribution in [0.3, 0.4) is 0 Å². The molecule has 8 nitrogen and oxygen atoms in total. The molecule has 186 valence electrons. The first-order chi connectivity index (χ1) is 17.3. The van der Waals surface area contributed by atoms with Gasteiger partial charge >= 0.3 is 0 Å². The fraction of sp³-hybridized carbons (Fsp3) is 0.423. The number of halogens is 1. The maximum absolute atomic E-state index is 9.23. The summed E-state index contributed by atoms with van der Waals surface area (Å²) in [5.74, 6) is 1.18. The van der Waals surface area contributed by atoms with Gasteiger partial charge in [0.25, 0.3) is 0 Å². The number of fused-ring (bicyclic) bond motifs is 1. The second-order valence-corrected chi connectivity index (χ2v) is 11.7. The van der Waals surface area contributed by atoms with Gasteiger partial charge in [0, 0.05) is 36.8 Å². The fourth-order valence-electron chi connectivity index (χ4n) is 4.99. The summed E-state index contributed by atoms with van der Waals surface area (Å²) in [6, 6.07) is 12.7. The van der Waals surface area contributed by atoms with E-state index in [1.165, 1.54) is 22.9 Å². The second kappa shape index (κ2) is 9.85. The van der Waals surface area contributed by atoms with Crippen LogP contribution in [0.25, 0.3) is 0 Å². The number of hydrogen-bond acceptors (Lipinski definition) is 9. The van der Waals surface area contributed by atoms with E-state index in [-0.39, 0.29) is 11.5 Å². The van der Waals surface area contributed by atoms with E-state index < -0.39 is 5.41 Å². The molecule has 36 heavy (non-hydrogen) atoms. The molecule has 0 bridgehead atoms. The predicted octanol–water partition coefficient (Wildman–Crippen LogP) is 4.88. The van der Waals surface area contributed by atoms with Crippen molar-refractivity contribution in [2.75, 3.05) is 29.9 Å². The molecule has 2 aromatic heterocycles. The van der Waals surface area contributed by atoms with E-state index in [9.17, 15) is 5.26 Å². The van der Waals surface area contributed by atoms with Crippen molar-refractivity contribution in [3.05, 3.63) is 58.9 Å². The smallest absolute Gasteiger partial charge is 0.245 e. The monoisotopic (exact) mass is 520 g/mol. The van der Waals surface area contributed by atoms with E-state index in [1.807, 2.05) is 19.9 Å². The Kier molecular flexibility index (Phi) is 6.77. The van der Waals surface area contributed by atoms with E-state index in [4.69, 9.17) is 17.3 Å². The third-order valence-electron chi connectivity index (χ3n) is 7.23. The largest absolute Gasteiger partial charge is 0.367 e. The van der Waals surface area contributed by atoms with Gasteiger partial charge in [-0.2, -0.15) is 5.26 Å². The maximum Gasteiger partial charge on any atom is 0.245 e. The number of nitrogens with zero attached hydrogens (tertiary/aromatic N) is 6. The van der Waals surface area contributed by atoms with Crippen LogP contribution in [-0.4, -0.2) is 39.8 Å². The number of pyridine rings is 1. The Morgan fingerprint density at radius 3 is 2.69 bits per heavy atom. The van der Waals surface area contributed by atoms with E-state index in [1.54, 1.807) is 12.4 Å². The van der Waals surface area contributed by atoms with Crippen molar-refractivity contribution in [1.29, 1.82) is 5.26 Å². The summed E-state index contributed by atoms with van der Waals surface area (Å²) in [6.45, 7) is 5.88. The van der Waals surface area contributed by atoms with Crippen LogP contribution in [0.15, 0.2) is 52.6 Å². The van der Waals surface area contributed by atoms with Gasteiger partial charge in [-0.1, -0.05) is 47.6 Å². The van der Waals surface area contributed by atoms with E-state index in [0.29, 0.717) is 28.4 Å². The number of nitrogens with one attached hydrogen (secondary N) is 1. The van der Waals surface area contributed by atoms with Crippen LogP contribution in [0, 0.1) is 22.2 Å². The highest BCUT2D eigenvalue weighted by atomic mass is 35.5. The Balaban J connectivity index is 1.21. The van der Waals surface area contributed by atoms with Gasteiger partial charge in [0.15, 0.2) is 0 Å². The molecule has 1 fully saturated rings. The van der Waals surface area contributed by atoms with Crippen molar-refractivity contribution in [1.82, 2.24) is 20.2 Å². The molecule has 10 heteroatoms. The van der Waals surface area contributed by atoms with Gasteiger partial charge in [-0.05, 0) is 55.7 Å². The Morgan fingerprint density at radius 2 is 2.00 bits per heavy atom. The molecule has 1 aliphatic heterocycles. The molecule has 5 rings (SSSR count). The normalized spacial score (nSPS) is 18.6. The zero-order chi connectivity index (χ0) is 25.3. The van der Waals surface area contributed by atoms with Crippen LogP contribution in [-0.2, 0) is 6.42 Å². The van der Waals surface area contributed by atoms with Gasteiger partial charge in [-0.15, -0.1) is 10.2 Å². The number of rotatable bonds is 6. The summed E-state index contributed by atoms with van der Waals surface area (Å²) in [5, 5.41) is 22.3. The highest BCUT2D eigenvalue weighted by molar-refractivity contribution is 7.99. The molecule has 1 aromatic carbocycles. The van der Waals surface area contributed by atoms with Crippen LogP contribution >= 0.6 is 23.4 Å². The summed E-state index contributed by atoms with van der Waals surface area (Å²) in [4.78, 5) is 11.9. The number of hydrogen-bond donors (Lipinski definition) is 2. The summed E-state index contributed by atoms with van der Waals surface area (Å²) >= 11 is 7.96. The zero-order valence-electron chi connectivity index (χ0n) is 20.4. The molecule has 3 aromatic rings. The first kappa shape index (κ1) is 24.8. The van der Waals surface area contributed by atoms with Crippen molar-refractivity contribution in [2.24, 2.45) is 16.6 Å². The average molecular weight is 521 g/mol. The fourth-order valence-corrected chi connectivity index (χ4v) is 6.01. The lowest BCUT2D eigenvalue weighted by molar-refractivity contribution is 0.186. The van der Waals surface area contributed by atoms with Crippen molar-refractivity contribution in [3.63, 3.8) is 0 Å². The molecular weight excluding hydrogens is 492 g/mol. The molecule has 3 N–H and O–H groups in total. The summed E-state index contributed by atoms with van der Waals surface area (Å²) < 4.78 is 0. The topological polar surface area (TPSA) is 117 Å². The minimum atomic E-state index is -0.527. The third-order valence-corrected chi connectivity index (χ3v) is 8.68. The van der Waals surface area contributed by atoms with Crippen LogP contribution in [0.5, 0.6) is 0 Å². The molecule has 0 radical (unpaired) electrons. The lowest BCUT2D eigenvalue weighted by Gasteiger charge is -2.42. The van der Waals surface area contributed by atoms with Gasteiger partial charge in [-0.25, -0.2) is 9.97 Å². The van der Waals surface area contributed by atoms with Gasteiger partial charge in [0.05, 0.1) is 22.7 Å². The van der Waals surface area contributed by atoms with Crippen molar-refractivity contribution >= 4 is 35.1 Å². The molecule has 2 aliphatic rings. The summed E-state index contributed by atoms with van der Waals surface area (Å²) in [5.41, 5.74) is 8.98. The highest BCUT2D eigenvalue weighted by Crippen LogP contribution is 2.50. The van der Waals surface area contributed by atoms with Crippen molar-refractivity contribution in [2.45, 2.75) is 49.1 Å². The van der Waals surface area contributed by atoms with Gasteiger partial charge in [-0.3, -0.25) is 0 Å². The van der Waals surface area contributed by atoms with Gasteiger partial charge in [0.1, 0.15) is 10.8 Å². The first-order valence-corrected chi connectivity index (χ1v) is 13.3. The number of nitriles is 1.